The molecule has 4 rings (SSSR count). The number of nitrogens with zero attached hydrogens (tertiary/aromatic N) is 4. The van der Waals surface area contributed by atoms with Crippen LogP contribution < -0.4 is 16.2 Å². The molecule has 0 spiro atoms. The summed E-state index contributed by atoms with van der Waals surface area (Å²) in [5.41, 5.74) is 2.19. The fraction of sp³-hybridized carbons (Fsp3) is 0.600. The highest BCUT2D eigenvalue weighted by molar-refractivity contribution is 7.15. The number of hydrogen-bond acceptors (Lipinski definition) is 6. The Morgan fingerprint density at radius 2 is 2.17 bits per heavy atom. The van der Waals surface area contributed by atoms with Gasteiger partial charge in [0.1, 0.15) is 0 Å². The lowest BCUT2D eigenvalue weighted by Gasteiger charge is -2.35. The number of likely N-dealkylation sites (tertiary alicyclic amines) is 1. The SMILES string of the molecule is Cc1cnc(NC(=O)NCC2CCCCN2CCn2nc3c(cc2=O)CCC3)s1. The molecule has 0 aromatic carbocycles. The number of amides is 2. The number of aryl methyl sites for hydroxylation is 3. The number of hydrogen-bond donors (Lipinski definition) is 2. The zero-order chi connectivity index (χ0) is 20.2. The van der Waals surface area contributed by atoms with E-state index in [1.165, 1.54) is 11.3 Å². The van der Waals surface area contributed by atoms with Crippen molar-refractivity contribution < 1.29 is 4.79 Å². The number of rotatable bonds is 6. The zero-order valence-corrected chi connectivity index (χ0v) is 17.6. The van der Waals surface area contributed by atoms with Gasteiger partial charge in [-0.25, -0.2) is 14.5 Å². The second-order valence-corrected chi connectivity index (χ2v) is 9.06. The summed E-state index contributed by atoms with van der Waals surface area (Å²) in [6.45, 7) is 4.89. The van der Waals surface area contributed by atoms with E-state index in [9.17, 15) is 9.59 Å². The summed E-state index contributed by atoms with van der Waals surface area (Å²) in [6.07, 6.45) is 8.14. The molecule has 0 radical (unpaired) electrons. The van der Waals surface area contributed by atoms with E-state index in [1.54, 1.807) is 16.9 Å². The Kier molecular flexibility index (Phi) is 6.25. The molecule has 0 bridgehead atoms. The third-order valence-electron chi connectivity index (χ3n) is 5.71. The van der Waals surface area contributed by atoms with Crippen LogP contribution in [-0.4, -0.2) is 51.4 Å². The summed E-state index contributed by atoms with van der Waals surface area (Å²) in [5, 5.41) is 11.0. The maximum absolute atomic E-state index is 12.3. The van der Waals surface area contributed by atoms with Gasteiger partial charge in [-0.3, -0.25) is 15.0 Å². The molecule has 156 valence electrons. The zero-order valence-electron chi connectivity index (χ0n) is 16.8. The molecule has 2 aromatic heterocycles. The molecule has 2 N–H and O–H groups in total. The molecular formula is C20H28N6O2S. The minimum Gasteiger partial charge on any atom is -0.336 e. The lowest BCUT2D eigenvalue weighted by Crippen LogP contribution is -2.48. The number of thiazole rings is 1. The van der Waals surface area contributed by atoms with Gasteiger partial charge in [-0.2, -0.15) is 5.10 Å². The second-order valence-electron chi connectivity index (χ2n) is 7.83. The van der Waals surface area contributed by atoms with Crippen molar-refractivity contribution in [3.63, 3.8) is 0 Å². The summed E-state index contributed by atoms with van der Waals surface area (Å²) < 4.78 is 1.61. The van der Waals surface area contributed by atoms with Crippen molar-refractivity contribution in [2.45, 2.75) is 58.0 Å². The second kappa shape index (κ2) is 9.04. The van der Waals surface area contributed by atoms with Crippen LogP contribution in [0.3, 0.4) is 0 Å². The van der Waals surface area contributed by atoms with Gasteiger partial charge in [0.25, 0.3) is 5.56 Å². The lowest BCUT2D eigenvalue weighted by molar-refractivity contribution is 0.139. The van der Waals surface area contributed by atoms with Crippen LogP contribution in [0.5, 0.6) is 0 Å². The highest BCUT2D eigenvalue weighted by atomic mass is 32.1. The first kappa shape index (κ1) is 20.0. The van der Waals surface area contributed by atoms with Crippen LogP contribution in [-0.2, 0) is 19.4 Å². The van der Waals surface area contributed by atoms with Crippen molar-refractivity contribution in [2.24, 2.45) is 0 Å². The third kappa shape index (κ3) is 5.02. The van der Waals surface area contributed by atoms with Crippen molar-refractivity contribution in [1.82, 2.24) is 25.0 Å². The Bertz CT molecular complexity index is 924. The molecule has 1 aliphatic carbocycles. The van der Waals surface area contributed by atoms with Crippen molar-refractivity contribution in [3.8, 4) is 0 Å². The van der Waals surface area contributed by atoms with Gasteiger partial charge in [0, 0.05) is 36.3 Å². The highest BCUT2D eigenvalue weighted by Crippen LogP contribution is 2.19. The number of fused-ring (bicyclic) bond motifs is 1. The number of urea groups is 1. The topological polar surface area (TPSA) is 92.2 Å². The van der Waals surface area contributed by atoms with Crippen molar-refractivity contribution in [3.05, 3.63) is 38.8 Å². The summed E-state index contributed by atoms with van der Waals surface area (Å²) >= 11 is 1.46. The number of aromatic nitrogens is 3. The molecule has 1 fully saturated rings. The highest BCUT2D eigenvalue weighted by Gasteiger charge is 2.23. The molecule has 29 heavy (non-hydrogen) atoms. The van der Waals surface area contributed by atoms with Crippen LogP contribution in [0.2, 0.25) is 0 Å². The average molecular weight is 417 g/mol. The quantitative estimate of drug-likeness (QED) is 0.753. The van der Waals surface area contributed by atoms with E-state index < -0.39 is 0 Å². The maximum atomic E-state index is 12.3. The van der Waals surface area contributed by atoms with E-state index in [1.807, 2.05) is 6.92 Å². The number of nitrogens with one attached hydrogen (secondary N) is 2. The molecule has 8 nitrogen and oxygen atoms in total. The van der Waals surface area contributed by atoms with E-state index in [2.05, 4.69) is 25.6 Å². The number of carbonyl (C=O) groups is 1. The first-order valence-corrected chi connectivity index (χ1v) is 11.2. The molecule has 1 saturated heterocycles. The summed E-state index contributed by atoms with van der Waals surface area (Å²) in [7, 11) is 0. The molecule has 9 heteroatoms. The normalized spacial score (nSPS) is 19.1. The van der Waals surface area contributed by atoms with Crippen molar-refractivity contribution in [2.75, 3.05) is 25.0 Å². The lowest BCUT2D eigenvalue weighted by atomic mass is 10.0. The van der Waals surface area contributed by atoms with Gasteiger partial charge in [0.05, 0.1) is 12.2 Å². The molecule has 3 heterocycles. The number of piperidine rings is 1. The monoisotopic (exact) mass is 416 g/mol. The summed E-state index contributed by atoms with van der Waals surface area (Å²) in [6, 6.07) is 1.81. The fourth-order valence-corrected chi connectivity index (χ4v) is 4.83. The Hall–Kier alpha value is -2.26. The van der Waals surface area contributed by atoms with Gasteiger partial charge >= 0.3 is 6.03 Å². The van der Waals surface area contributed by atoms with Gasteiger partial charge in [-0.05, 0) is 51.1 Å². The van der Waals surface area contributed by atoms with E-state index >= 15 is 0 Å². The van der Waals surface area contributed by atoms with E-state index in [0.29, 0.717) is 18.2 Å². The smallest absolute Gasteiger partial charge is 0.321 e. The Balaban J connectivity index is 1.31. The van der Waals surface area contributed by atoms with Crippen LogP contribution in [0, 0.1) is 6.92 Å². The van der Waals surface area contributed by atoms with Gasteiger partial charge < -0.3 is 5.32 Å². The number of anilines is 1. The van der Waals surface area contributed by atoms with Crippen molar-refractivity contribution >= 4 is 22.5 Å². The van der Waals surface area contributed by atoms with Gasteiger partial charge in [0.2, 0.25) is 0 Å². The predicted molar refractivity (Wildman–Crippen MR) is 114 cm³/mol. The van der Waals surface area contributed by atoms with E-state index in [4.69, 9.17) is 0 Å². The predicted octanol–water partition coefficient (Wildman–Crippen LogP) is 2.17. The molecule has 1 aliphatic heterocycles. The molecular weight excluding hydrogens is 388 g/mol. The Morgan fingerprint density at radius 3 is 3.00 bits per heavy atom. The summed E-state index contributed by atoms with van der Waals surface area (Å²) in [4.78, 5) is 32.1. The molecule has 2 aliphatic rings. The van der Waals surface area contributed by atoms with Crippen LogP contribution >= 0.6 is 11.3 Å². The standard InChI is InChI=1S/C20H28N6O2S/c1-14-12-22-20(29-14)23-19(28)21-13-16-6-2-3-8-25(16)9-10-26-18(27)11-15-5-4-7-17(15)24-26/h11-12,16H,2-10,13H2,1H3,(H2,21,22,23,28). The largest absolute Gasteiger partial charge is 0.336 e. The minimum atomic E-state index is -0.221. The van der Waals surface area contributed by atoms with Crippen LogP contribution in [0.15, 0.2) is 17.1 Å². The van der Waals surface area contributed by atoms with Gasteiger partial charge in [0.15, 0.2) is 5.13 Å². The van der Waals surface area contributed by atoms with Crippen LogP contribution in [0.25, 0.3) is 0 Å². The molecule has 1 atom stereocenters. The molecule has 0 saturated carbocycles. The van der Waals surface area contributed by atoms with Crippen LogP contribution in [0.1, 0.15) is 41.8 Å². The fourth-order valence-electron chi connectivity index (χ4n) is 4.17. The molecule has 1 unspecified atom stereocenters. The first-order chi connectivity index (χ1) is 14.1. The van der Waals surface area contributed by atoms with Gasteiger partial charge in [-0.15, -0.1) is 11.3 Å². The van der Waals surface area contributed by atoms with Crippen molar-refractivity contribution in [1.29, 1.82) is 0 Å². The minimum absolute atomic E-state index is 0.00421. The Labute approximate surface area is 174 Å². The van der Waals surface area contributed by atoms with E-state index in [-0.39, 0.29) is 17.6 Å². The van der Waals surface area contributed by atoms with E-state index in [0.717, 1.165) is 67.7 Å². The van der Waals surface area contributed by atoms with Gasteiger partial charge in [-0.1, -0.05) is 6.42 Å². The third-order valence-corrected chi connectivity index (χ3v) is 6.54. The maximum Gasteiger partial charge on any atom is 0.321 e. The van der Waals surface area contributed by atoms with Crippen LogP contribution in [0.4, 0.5) is 9.93 Å². The summed E-state index contributed by atoms with van der Waals surface area (Å²) in [5.74, 6) is 0. The molecule has 2 amide bonds. The Morgan fingerprint density at radius 1 is 1.28 bits per heavy atom. The average Bonchev–Trinajstić information content (AvgIpc) is 3.33. The molecule has 2 aromatic rings. The number of carbonyl (C=O) groups excluding carboxylic acids is 1. The first-order valence-electron chi connectivity index (χ1n) is 10.4.